The van der Waals surface area contributed by atoms with Gasteiger partial charge in [-0.3, -0.25) is 0 Å². The van der Waals surface area contributed by atoms with Gasteiger partial charge in [0.1, 0.15) is 39.2 Å². The van der Waals surface area contributed by atoms with Gasteiger partial charge in [-0.1, -0.05) is 114 Å². The molecular formula is C47H33B5N4S. The molecule has 10 heteroatoms. The van der Waals surface area contributed by atoms with Crippen LogP contribution in [0.1, 0.15) is 0 Å². The van der Waals surface area contributed by atoms with Gasteiger partial charge in [0.2, 0.25) is 0 Å². The Balaban J connectivity index is 1.19. The first kappa shape index (κ1) is 33.9. The predicted molar refractivity (Wildman–Crippen MR) is 259 cm³/mol. The van der Waals surface area contributed by atoms with E-state index in [-0.39, 0.29) is 0 Å². The van der Waals surface area contributed by atoms with Crippen LogP contribution < -0.4 is 32.2 Å². The van der Waals surface area contributed by atoms with Gasteiger partial charge < -0.3 is 4.90 Å². The van der Waals surface area contributed by atoms with Crippen LogP contribution in [0.5, 0.6) is 0 Å². The lowest BCUT2D eigenvalue weighted by Crippen LogP contribution is -2.55. The normalized spacial score (nSPS) is 12.2. The zero-order valence-corrected chi connectivity index (χ0v) is 33.3. The topological polar surface area (TPSA) is 41.9 Å². The van der Waals surface area contributed by atoms with Crippen molar-refractivity contribution in [3.05, 3.63) is 140 Å². The van der Waals surface area contributed by atoms with Crippen molar-refractivity contribution in [2.24, 2.45) is 0 Å². The Bertz CT molecular complexity index is 3310. The summed E-state index contributed by atoms with van der Waals surface area (Å²) in [5.41, 5.74) is 15.1. The van der Waals surface area contributed by atoms with Gasteiger partial charge in [0.15, 0.2) is 17.5 Å². The minimum Gasteiger partial charge on any atom is -0.309 e. The van der Waals surface area contributed by atoms with Crippen molar-refractivity contribution in [3.8, 4) is 45.3 Å². The lowest BCUT2D eigenvalue weighted by molar-refractivity contribution is 1.08. The summed E-state index contributed by atoms with van der Waals surface area (Å²) in [4.78, 5) is 18.6. The highest BCUT2D eigenvalue weighted by Crippen LogP contribution is 2.51. The fourth-order valence-corrected chi connectivity index (χ4v) is 10.2. The van der Waals surface area contributed by atoms with Gasteiger partial charge in [0.25, 0.3) is 0 Å². The number of aromatic nitrogens is 3. The maximum absolute atomic E-state index is 5.45. The van der Waals surface area contributed by atoms with Crippen LogP contribution in [0.3, 0.4) is 0 Å². The molecule has 0 bridgehead atoms. The highest BCUT2D eigenvalue weighted by Gasteiger charge is 2.27. The molecule has 0 aliphatic carbocycles. The summed E-state index contributed by atoms with van der Waals surface area (Å²) in [6.45, 7) is 0. The van der Waals surface area contributed by atoms with Crippen molar-refractivity contribution >= 4 is 137 Å². The summed E-state index contributed by atoms with van der Waals surface area (Å²) in [5.74, 6) is 2.02. The third-order valence-corrected chi connectivity index (χ3v) is 13.5. The molecule has 4 nitrogen and oxygen atoms in total. The molecule has 0 atom stereocenters. The zero-order chi connectivity index (χ0) is 38.5. The van der Waals surface area contributed by atoms with E-state index in [0.717, 1.165) is 44.5 Å². The molecule has 1 aliphatic heterocycles. The van der Waals surface area contributed by atoms with E-state index in [4.69, 9.17) is 15.0 Å². The van der Waals surface area contributed by atoms with Crippen molar-refractivity contribution in [3.63, 3.8) is 0 Å². The minimum atomic E-state index is 0.656. The molecule has 0 unspecified atom stereocenters. The van der Waals surface area contributed by atoms with E-state index >= 15 is 0 Å². The quantitative estimate of drug-likeness (QED) is 0.253. The summed E-state index contributed by atoms with van der Waals surface area (Å²) in [6, 6.07) is 50.5. The summed E-state index contributed by atoms with van der Waals surface area (Å²) >= 11 is 1.81. The Kier molecular flexibility index (Phi) is 7.64. The Hall–Kier alpha value is -6.37. The van der Waals surface area contributed by atoms with Crippen molar-refractivity contribution in [1.29, 1.82) is 0 Å². The summed E-state index contributed by atoms with van der Waals surface area (Å²) in [5, 5.41) is 7.23. The molecule has 0 radical (unpaired) electrons. The standard InChI is InChI=1S/C47H33B5N4S/c48-40-39(41(49)43(51)44(52)42(40)50)47-54-45(26-19-20-31-30-14-4-6-18-36(30)57-37(31)22-26)53-46(55-47)33-23-27(21-25-9-1-2-12-28(25)33)56-34-16-5-3-13-29(34)32-15-7-10-24-11-8-17-35(56)38(24)32/h1-23H,48-52H2. The monoisotopic (exact) mass is 740 g/mol. The number of para-hydroxylation sites is 1. The second-order valence-electron chi connectivity index (χ2n) is 15.4. The molecule has 11 rings (SSSR count). The molecule has 3 heterocycles. The Morgan fingerprint density at radius 1 is 0.421 bits per heavy atom. The van der Waals surface area contributed by atoms with Crippen LogP contribution in [0, 0.1) is 0 Å². The highest BCUT2D eigenvalue weighted by molar-refractivity contribution is 7.25. The Morgan fingerprint density at radius 2 is 1.04 bits per heavy atom. The molecule has 0 N–H and O–H groups in total. The molecule has 262 valence electrons. The summed E-state index contributed by atoms with van der Waals surface area (Å²) in [6.07, 6.45) is 0. The molecule has 2 aromatic heterocycles. The summed E-state index contributed by atoms with van der Waals surface area (Å²) in [7, 11) is 11.1. The Labute approximate surface area is 339 Å². The first-order valence-electron chi connectivity index (χ1n) is 19.5. The second kappa shape index (κ2) is 12.8. The highest BCUT2D eigenvalue weighted by atomic mass is 32.1. The second-order valence-corrected chi connectivity index (χ2v) is 16.4. The van der Waals surface area contributed by atoms with E-state index in [9.17, 15) is 0 Å². The number of benzene rings is 8. The van der Waals surface area contributed by atoms with Gasteiger partial charge in [-0.2, -0.15) is 0 Å². The van der Waals surface area contributed by atoms with Gasteiger partial charge in [0.05, 0.1) is 11.4 Å². The van der Waals surface area contributed by atoms with Crippen LogP contribution in [0.2, 0.25) is 0 Å². The molecule has 57 heavy (non-hydrogen) atoms. The van der Waals surface area contributed by atoms with Gasteiger partial charge in [0, 0.05) is 53.5 Å². The van der Waals surface area contributed by atoms with Crippen LogP contribution in [0.4, 0.5) is 17.1 Å². The number of fused-ring (bicyclic) bond motifs is 6. The third-order valence-electron chi connectivity index (χ3n) is 12.4. The first-order chi connectivity index (χ1) is 27.8. The molecule has 0 amide bonds. The maximum Gasteiger partial charge on any atom is 0.164 e. The van der Waals surface area contributed by atoms with Crippen molar-refractivity contribution in [2.75, 3.05) is 4.90 Å². The largest absolute Gasteiger partial charge is 0.309 e. The maximum atomic E-state index is 5.45. The number of nitrogens with zero attached hydrogens (tertiary/aromatic N) is 4. The van der Waals surface area contributed by atoms with E-state index in [1.165, 1.54) is 69.4 Å². The molecule has 8 aromatic carbocycles. The van der Waals surface area contributed by atoms with Crippen LogP contribution >= 0.6 is 11.3 Å². The van der Waals surface area contributed by atoms with Crippen LogP contribution in [0.15, 0.2) is 140 Å². The smallest absolute Gasteiger partial charge is 0.164 e. The lowest BCUT2D eigenvalue weighted by atomic mass is 9.60. The molecular weight excluding hydrogens is 707 g/mol. The average molecular weight is 740 g/mol. The van der Waals surface area contributed by atoms with Crippen molar-refractivity contribution in [1.82, 2.24) is 15.0 Å². The van der Waals surface area contributed by atoms with Gasteiger partial charge >= 0.3 is 0 Å². The molecule has 0 spiro atoms. The zero-order valence-electron chi connectivity index (χ0n) is 32.5. The number of rotatable bonds is 4. The van der Waals surface area contributed by atoms with Crippen LogP contribution in [-0.4, -0.2) is 54.2 Å². The predicted octanol–water partition coefficient (Wildman–Crippen LogP) is 4.29. The number of hydrogen-bond donors (Lipinski definition) is 0. The van der Waals surface area contributed by atoms with Gasteiger partial charge in [-0.05, 0) is 58.1 Å². The van der Waals surface area contributed by atoms with E-state index in [2.05, 4.69) is 184 Å². The van der Waals surface area contributed by atoms with E-state index in [1.807, 2.05) is 11.3 Å². The van der Waals surface area contributed by atoms with Gasteiger partial charge in [-0.25, -0.2) is 15.0 Å². The summed E-state index contributed by atoms with van der Waals surface area (Å²) < 4.78 is 2.50. The van der Waals surface area contributed by atoms with E-state index in [1.54, 1.807) is 0 Å². The fraction of sp³-hybridized carbons (Fsp3) is 0. The molecule has 1 aliphatic rings. The third kappa shape index (κ3) is 5.17. The minimum absolute atomic E-state index is 0.656. The lowest BCUT2D eigenvalue weighted by Gasteiger charge is -2.34. The van der Waals surface area contributed by atoms with Crippen LogP contribution in [-0.2, 0) is 0 Å². The van der Waals surface area contributed by atoms with Crippen molar-refractivity contribution in [2.45, 2.75) is 0 Å². The van der Waals surface area contributed by atoms with Crippen LogP contribution in [0.25, 0.3) is 87.0 Å². The van der Waals surface area contributed by atoms with E-state index < -0.39 is 0 Å². The fourth-order valence-electron chi connectivity index (χ4n) is 9.08. The number of thiophene rings is 1. The molecule has 10 aromatic rings. The van der Waals surface area contributed by atoms with E-state index in [0.29, 0.717) is 17.5 Å². The first-order valence-corrected chi connectivity index (χ1v) is 20.4. The van der Waals surface area contributed by atoms with Gasteiger partial charge in [-0.15, -0.1) is 27.7 Å². The Morgan fingerprint density at radius 3 is 1.88 bits per heavy atom. The SMILES string of the molecule is Bc1c(B)c(B)c(-c2nc(-c3ccc4c(c3)sc3ccccc34)nc(-c3cc(N4c5ccccc5-c5cccc6cccc4c56)cc4ccccc34)n2)c(B)c1B. The molecule has 0 saturated carbocycles. The number of hydrogen-bond acceptors (Lipinski definition) is 5. The van der Waals surface area contributed by atoms with Crippen molar-refractivity contribution < 1.29 is 0 Å². The number of anilines is 3. The molecule has 0 fully saturated rings. The average Bonchev–Trinajstić information content (AvgIpc) is 3.63. The molecule has 0 saturated heterocycles.